The van der Waals surface area contributed by atoms with Gasteiger partial charge < -0.3 is 10.2 Å². The molecule has 0 atom stereocenters. The Hall–Kier alpha value is -1.81. The molecule has 0 saturated carbocycles. The maximum Gasteiger partial charge on any atom is 0.146 e. The molecule has 1 aromatic heterocycles. The number of pyridine rings is 1. The van der Waals surface area contributed by atoms with Crippen LogP contribution in [0.5, 0.6) is 0 Å². The second-order valence-electron chi connectivity index (χ2n) is 5.17. The first-order valence-corrected chi connectivity index (χ1v) is 7.49. The van der Waals surface area contributed by atoms with Crippen molar-refractivity contribution in [2.24, 2.45) is 0 Å². The number of benzene rings is 1. The summed E-state index contributed by atoms with van der Waals surface area (Å²) in [5.74, 6) is 0.639. The van der Waals surface area contributed by atoms with Crippen LogP contribution < -0.4 is 10.2 Å². The van der Waals surface area contributed by atoms with Crippen LogP contribution in [0.15, 0.2) is 36.5 Å². The molecule has 0 radical (unpaired) electrons. The summed E-state index contributed by atoms with van der Waals surface area (Å²) in [6.45, 7) is 2.54. The first kappa shape index (κ1) is 14.1. The highest BCUT2D eigenvalue weighted by Crippen LogP contribution is 2.21. The van der Waals surface area contributed by atoms with Gasteiger partial charge in [0.1, 0.15) is 11.6 Å². The van der Waals surface area contributed by atoms with Crippen molar-refractivity contribution >= 4 is 23.1 Å². The van der Waals surface area contributed by atoms with Gasteiger partial charge in [0.2, 0.25) is 0 Å². The van der Waals surface area contributed by atoms with E-state index in [1.165, 1.54) is 12.8 Å². The molecule has 3 nitrogen and oxygen atoms in total. The van der Waals surface area contributed by atoms with E-state index >= 15 is 0 Å². The summed E-state index contributed by atoms with van der Waals surface area (Å²) in [6, 6.07) is 9.00. The lowest BCUT2D eigenvalue weighted by molar-refractivity contribution is 0.613. The third-order valence-electron chi connectivity index (χ3n) is 3.69. The Labute approximate surface area is 128 Å². The van der Waals surface area contributed by atoms with Gasteiger partial charge in [-0.25, -0.2) is 9.37 Å². The molecule has 1 N–H and O–H groups in total. The monoisotopic (exact) mass is 305 g/mol. The minimum absolute atomic E-state index is 0.150. The van der Waals surface area contributed by atoms with Crippen LogP contribution in [0, 0.1) is 5.82 Å². The van der Waals surface area contributed by atoms with Crippen molar-refractivity contribution in [3.05, 3.63) is 52.9 Å². The fraction of sp³-hybridized carbons (Fsp3) is 0.312. The third-order valence-corrected chi connectivity index (χ3v) is 3.98. The molecular weight excluding hydrogens is 289 g/mol. The lowest BCUT2D eigenvalue weighted by Gasteiger charge is -2.16. The molecule has 21 heavy (non-hydrogen) atoms. The molecule has 0 spiro atoms. The van der Waals surface area contributed by atoms with E-state index < -0.39 is 0 Å². The number of hydrogen-bond donors (Lipinski definition) is 1. The van der Waals surface area contributed by atoms with Gasteiger partial charge in [0.05, 0.1) is 16.9 Å². The molecule has 0 aliphatic carbocycles. The molecule has 0 bridgehead atoms. The van der Waals surface area contributed by atoms with Gasteiger partial charge in [-0.2, -0.15) is 0 Å². The summed E-state index contributed by atoms with van der Waals surface area (Å²) in [5.41, 5.74) is 1.42. The van der Waals surface area contributed by atoms with Crippen molar-refractivity contribution in [1.29, 1.82) is 0 Å². The van der Waals surface area contributed by atoms with Crippen molar-refractivity contribution in [3.63, 3.8) is 0 Å². The molecule has 1 fully saturated rings. The van der Waals surface area contributed by atoms with Crippen LogP contribution in [0.3, 0.4) is 0 Å². The Morgan fingerprint density at radius 2 is 2.00 bits per heavy atom. The molecule has 110 valence electrons. The highest BCUT2D eigenvalue weighted by atomic mass is 35.5. The molecule has 2 aromatic rings. The van der Waals surface area contributed by atoms with Gasteiger partial charge in [0.25, 0.3) is 0 Å². The van der Waals surface area contributed by atoms with Gasteiger partial charge in [-0.15, -0.1) is 0 Å². The number of aromatic nitrogens is 1. The van der Waals surface area contributed by atoms with Crippen molar-refractivity contribution in [2.45, 2.75) is 19.4 Å². The lowest BCUT2D eigenvalue weighted by Crippen LogP contribution is -2.18. The van der Waals surface area contributed by atoms with Gasteiger partial charge in [-0.05, 0) is 31.0 Å². The molecule has 1 aromatic carbocycles. The summed E-state index contributed by atoms with van der Waals surface area (Å²) in [6.07, 6.45) is 4.25. The van der Waals surface area contributed by atoms with Crippen molar-refractivity contribution in [3.8, 4) is 0 Å². The van der Waals surface area contributed by atoms with E-state index in [1.54, 1.807) is 24.4 Å². The van der Waals surface area contributed by atoms with E-state index in [0.717, 1.165) is 24.6 Å². The van der Waals surface area contributed by atoms with Gasteiger partial charge in [0.15, 0.2) is 0 Å². The van der Waals surface area contributed by atoms with E-state index in [4.69, 9.17) is 11.6 Å². The van der Waals surface area contributed by atoms with Gasteiger partial charge in [0, 0.05) is 25.2 Å². The molecule has 1 saturated heterocycles. The molecule has 2 heterocycles. The quantitative estimate of drug-likeness (QED) is 0.922. The van der Waals surface area contributed by atoms with E-state index in [1.807, 2.05) is 12.1 Å². The van der Waals surface area contributed by atoms with E-state index in [-0.39, 0.29) is 10.8 Å². The Balaban J connectivity index is 1.64. The zero-order valence-corrected chi connectivity index (χ0v) is 12.4. The van der Waals surface area contributed by atoms with Gasteiger partial charge >= 0.3 is 0 Å². The second-order valence-corrected chi connectivity index (χ2v) is 5.57. The minimum Gasteiger partial charge on any atom is -0.380 e. The predicted molar refractivity (Wildman–Crippen MR) is 84.4 cm³/mol. The van der Waals surface area contributed by atoms with Crippen LogP contribution in [-0.4, -0.2) is 18.1 Å². The lowest BCUT2D eigenvalue weighted by atomic mass is 10.2. The average Bonchev–Trinajstić information content (AvgIpc) is 3.04. The second kappa shape index (κ2) is 6.31. The maximum atomic E-state index is 13.8. The van der Waals surface area contributed by atoms with Crippen molar-refractivity contribution in [2.75, 3.05) is 23.3 Å². The molecule has 1 aliphatic rings. The van der Waals surface area contributed by atoms with E-state index in [9.17, 15) is 4.39 Å². The van der Waals surface area contributed by atoms with Crippen molar-refractivity contribution in [1.82, 2.24) is 4.98 Å². The zero-order valence-electron chi connectivity index (χ0n) is 11.6. The predicted octanol–water partition coefficient (Wildman–Crippen LogP) is 4.09. The molecule has 5 heteroatoms. The fourth-order valence-electron chi connectivity index (χ4n) is 2.51. The Morgan fingerprint density at radius 1 is 1.19 bits per heavy atom. The molecule has 1 aliphatic heterocycles. The summed E-state index contributed by atoms with van der Waals surface area (Å²) in [7, 11) is 0. The van der Waals surface area contributed by atoms with Crippen LogP contribution in [-0.2, 0) is 6.54 Å². The Morgan fingerprint density at radius 3 is 2.71 bits per heavy atom. The topological polar surface area (TPSA) is 28.2 Å². The first-order chi connectivity index (χ1) is 10.2. The van der Waals surface area contributed by atoms with Crippen molar-refractivity contribution < 1.29 is 4.39 Å². The smallest absolute Gasteiger partial charge is 0.146 e. The fourth-order valence-corrected chi connectivity index (χ4v) is 2.70. The van der Waals surface area contributed by atoms with Gasteiger partial charge in [-0.3, -0.25) is 0 Å². The van der Waals surface area contributed by atoms with E-state index in [0.29, 0.717) is 12.1 Å². The number of anilines is 2. The standard InChI is InChI=1S/C16H17ClFN3/c17-14-5-3-4-12(16(14)18)10-19-13-6-7-15(20-11-13)21-8-1-2-9-21/h3-7,11,19H,1-2,8-10H2. The Kier molecular flexibility index (Phi) is 4.25. The van der Waals surface area contributed by atoms with Crippen LogP contribution in [0.1, 0.15) is 18.4 Å². The SMILES string of the molecule is Fc1c(Cl)cccc1CNc1ccc(N2CCCC2)nc1. The third kappa shape index (κ3) is 3.27. The maximum absolute atomic E-state index is 13.8. The average molecular weight is 306 g/mol. The number of hydrogen-bond acceptors (Lipinski definition) is 3. The largest absolute Gasteiger partial charge is 0.380 e. The summed E-state index contributed by atoms with van der Waals surface area (Å²) < 4.78 is 13.8. The summed E-state index contributed by atoms with van der Waals surface area (Å²) >= 11 is 5.77. The van der Waals surface area contributed by atoms with E-state index in [2.05, 4.69) is 15.2 Å². The zero-order chi connectivity index (χ0) is 14.7. The number of nitrogens with one attached hydrogen (secondary N) is 1. The molecular formula is C16H17ClFN3. The van der Waals surface area contributed by atoms with Crippen LogP contribution in [0.2, 0.25) is 5.02 Å². The molecule has 0 unspecified atom stereocenters. The number of rotatable bonds is 4. The Bertz CT molecular complexity index is 609. The number of nitrogens with zero attached hydrogens (tertiary/aromatic N) is 2. The molecule has 0 amide bonds. The summed E-state index contributed by atoms with van der Waals surface area (Å²) in [5, 5.41) is 3.32. The number of halogens is 2. The van der Waals surface area contributed by atoms with Gasteiger partial charge in [-0.1, -0.05) is 23.7 Å². The first-order valence-electron chi connectivity index (χ1n) is 7.12. The van der Waals surface area contributed by atoms with Crippen LogP contribution >= 0.6 is 11.6 Å². The van der Waals surface area contributed by atoms with Crippen LogP contribution in [0.25, 0.3) is 0 Å². The highest BCUT2D eigenvalue weighted by molar-refractivity contribution is 6.30. The van der Waals surface area contributed by atoms with Crippen LogP contribution in [0.4, 0.5) is 15.9 Å². The molecule has 3 rings (SSSR count). The normalized spacial score (nSPS) is 14.5. The minimum atomic E-state index is -0.367. The summed E-state index contributed by atoms with van der Waals surface area (Å²) in [4.78, 5) is 6.73. The highest BCUT2D eigenvalue weighted by Gasteiger charge is 2.13.